The second kappa shape index (κ2) is 4.30. The van der Waals surface area contributed by atoms with Crippen molar-refractivity contribution in [2.45, 2.75) is 30.2 Å². The van der Waals surface area contributed by atoms with E-state index in [1.807, 2.05) is 0 Å². The maximum Gasteiger partial charge on any atom is 0.335 e. The molecule has 2 bridgehead atoms. The summed E-state index contributed by atoms with van der Waals surface area (Å²) in [6.45, 7) is 0. The highest BCUT2D eigenvalue weighted by Gasteiger charge is 2.65. The lowest BCUT2D eigenvalue weighted by Crippen LogP contribution is -2.30. The third-order valence-electron chi connectivity index (χ3n) is 5.42. The van der Waals surface area contributed by atoms with Crippen LogP contribution in [0.15, 0.2) is 29.2 Å². The summed E-state index contributed by atoms with van der Waals surface area (Å²) in [7, 11) is -3.63. The standard InChI is InChI=1S/C15H17NO4S/c17-15(18)10-2-1-3-11(7-10)21(19,20)16-14-12-8-4-5-9(6-8)13(12)14/h1-3,7-9,12-14,16H,4-6H2,(H,17,18). The van der Waals surface area contributed by atoms with Crippen molar-refractivity contribution in [2.75, 3.05) is 0 Å². The predicted octanol–water partition coefficient (Wildman–Crippen LogP) is 1.71. The average Bonchev–Trinajstić information content (AvgIpc) is 2.85. The van der Waals surface area contributed by atoms with Gasteiger partial charge >= 0.3 is 5.97 Å². The molecule has 5 nitrogen and oxygen atoms in total. The number of sulfonamides is 1. The molecule has 3 fully saturated rings. The molecule has 0 spiro atoms. The Morgan fingerprint density at radius 2 is 1.86 bits per heavy atom. The smallest absolute Gasteiger partial charge is 0.335 e. The van der Waals surface area contributed by atoms with E-state index in [1.165, 1.54) is 43.5 Å². The van der Waals surface area contributed by atoms with Crippen molar-refractivity contribution in [1.29, 1.82) is 0 Å². The van der Waals surface area contributed by atoms with E-state index in [-0.39, 0.29) is 16.5 Å². The Morgan fingerprint density at radius 1 is 1.19 bits per heavy atom. The highest BCUT2D eigenvalue weighted by molar-refractivity contribution is 7.89. The molecule has 1 aromatic carbocycles. The first-order chi connectivity index (χ1) is 9.97. The van der Waals surface area contributed by atoms with E-state index in [4.69, 9.17) is 5.11 Å². The Labute approximate surface area is 123 Å². The molecule has 4 atom stereocenters. The van der Waals surface area contributed by atoms with Crippen molar-refractivity contribution in [3.05, 3.63) is 29.8 Å². The fraction of sp³-hybridized carbons (Fsp3) is 0.533. The summed E-state index contributed by atoms with van der Waals surface area (Å²) >= 11 is 0. The van der Waals surface area contributed by atoms with Gasteiger partial charge in [0.15, 0.2) is 0 Å². The molecule has 0 heterocycles. The van der Waals surface area contributed by atoms with E-state index in [2.05, 4.69) is 4.72 Å². The maximum atomic E-state index is 12.4. The monoisotopic (exact) mass is 307 g/mol. The van der Waals surface area contributed by atoms with Crippen LogP contribution in [0.4, 0.5) is 0 Å². The molecule has 1 aromatic rings. The molecule has 0 aliphatic heterocycles. The van der Waals surface area contributed by atoms with E-state index in [0.29, 0.717) is 23.7 Å². The third kappa shape index (κ3) is 2.00. The molecule has 4 unspecified atom stereocenters. The quantitative estimate of drug-likeness (QED) is 0.887. The molecule has 3 aliphatic rings. The molecule has 6 heteroatoms. The van der Waals surface area contributed by atoms with Crippen LogP contribution in [0.1, 0.15) is 29.6 Å². The van der Waals surface area contributed by atoms with Crippen LogP contribution in [0.2, 0.25) is 0 Å². The number of nitrogens with one attached hydrogen (secondary N) is 1. The van der Waals surface area contributed by atoms with Crippen LogP contribution in [0, 0.1) is 23.7 Å². The number of carboxylic acid groups (broad SMARTS) is 1. The van der Waals surface area contributed by atoms with Gasteiger partial charge in [-0.2, -0.15) is 0 Å². The fourth-order valence-corrected chi connectivity index (χ4v) is 5.88. The van der Waals surface area contributed by atoms with Crippen LogP contribution >= 0.6 is 0 Å². The second-order valence-electron chi connectivity index (χ2n) is 6.47. The Balaban J connectivity index is 1.55. The summed E-state index contributed by atoms with van der Waals surface area (Å²) in [5.74, 6) is 1.30. The number of hydrogen-bond donors (Lipinski definition) is 2. The zero-order chi connectivity index (χ0) is 14.8. The van der Waals surface area contributed by atoms with Crippen LogP contribution < -0.4 is 4.72 Å². The first kappa shape index (κ1) is 13.3. The topological polar surface area (TPSA) is 83.5 Å². The zero-order valence-electron chi connectivity index (χ0n) is 11.4. The number of rotatable bonds is 4. The molecule has 4 rings (SSSR count). The van der Waals surface area contributed by atoms with Crippen molar-refractivity contribution in [3.8, 4) is 0 Å². The minimum atomic E-state index is -3.63. The summed E-state index contributed by atoms with van der Waals surface area (Å²) in [4.78, 5) is 11.0. The second-order valence-corrected chi connectivity index (χ2v) is 8.18. The average molecular weight is 307 g/mol. The SMILES string of the molecule is O=C(O)c1cccc(S(=O)(=O)NC2C3C4CCC(C4)C23)c1. The normalized spacial score (nSPS) is 36.5. The molecular formula is C15H17NO4S. The van der Waals surface area contributed by atoms with Gasteiger partial charge in [0.2, 0.25) is 10.0 Å². The van der Waals surface area contributed by atoms with Crippen molar-refractivity contribution in [1.82, 2.24) is 4.72 Å². The van der Waals surface area contributed by atoms with Gasteiger partial charge in [0, 0.05) is 6.04 Å². The number of fused-ring (bicyclic) bond motifs is 5. The van der Waals surface area contributed by atoms with E-state index < -0.39 is 16.0 Å². The van der Waals surface area contributed by atoms with E-state index >= 15 is 0 Å². The van der Waals surface area contributed by atoms with Gasteiger partial charge in [-0.25, -0.2) is 17.9 Å². The van der Waals surface area contributed by atoms with Gasteiger partial charge in [-0.15, -0.1) is 0 Å². The van der Waals surface area contributed by atoms with Gasteiger partial charge in [0.1, 0.15) is 0 Å². The molecule has 0 saturated heterocycles. The zero-order valence-corrected chi connectivity index (χ0v) is 12.2. The summed E-state index contributed by atoms with van der Waals surface area (Å²) < 4.78 is 27.6. The van der Waals surface area contributed by atoms with Crippen LogP contribution in [0.5, 0.6) is 0 Å². The van der Waals surface area contributed by atoms with Gasteiger partial charge in [-0.3, -0.25) is 0 Å². The Hall–Kier alpha value is -1.40. The maximum absolute atomic E-state index is 12.4. The third-order valence-corrected chi connectivity index (χ3v) is 6.87. The van der Waals surface area contributed by atoms with Crippen LogP contribution in [0.3, 0.4) is 0 Å². The number of carbonyl (C=O) groups is 1. The molecular weight excluding hydrogens is 290 g/mol. The Morgan fingerprint density at radius 3 is 2.48 bits per heavy atom. The number of benzene rings is 1. The van der Waals surface area contributed by atoms with E-state index in [1.54, 1.807) is 0 Å². The number of hydrogen-bond acceptors (Lipinski definition) is 3. The van der Waals surface area contributed by atoms with Crippen LogP contribution in [-0.2, 0) is 10.0 Å². The molecule has 0 aromatic heterocycles. The molecule has 0 radical (unpaired) electrons. The first-order valence-corrected chi connectivity index (χ1v) is 8.81. The molecule has 3 saturated carbocycles. The van der Waals surface area contributed by atoms with Gasteiger partial charge < -0.3 is 5.11 Å². The fourth-order valence-electron chi connectivity index (χ4n) is 4.53. The summed E-state index contributed by atoms with van der Waals surface area (Å²) in [6, 6.07) is 5.59. The Bertz CT molecular complexity index is 698. The predicted molar refractivity (Wildman–Crippen MR) is 75.3 cm³/mol. The molecule has 112 valence electrons. The summed E-state index contributed by atoms with van der Waals surface area (Å²) in [6.07, 6.45) is 3.74. The van der Waals surface area contributed by atoms with Crippen molar-refractivity contribution in [2.24, 2.45) is 23.7 Å². The molecule has 0 amide bonds. The van der Waals surface area contributed by atoms with Crippen LogP contribution in [0.25, 0.3) is 0 Å². The Kier molecular flexibility index (Phi) is 2.72. The van der Waals surface area contributed by atoms with E-state index in [0.717, 1.165) is 0 Å². The highest BCUT2D eigenvalue weighted by Crippen LogP contribution is 2.65. The van der Waals surface area contributed by atoms with Gasteiger partial charge in [-0.05, 0) is 61.1 Å². The van der Waals surface area contributed by atoms with E-state index in [9.17, 15) is 13.2 Å². The highest BCUT2D eigenvalue weighted by atomic mass is 32.2. The van der Waals surface area contributed by atoms with Gasteiger partial charge in [0.25, 0.3) is 0 Å². The molecule has 3 aliphatic carbocycles. The summed E-state index contributed by atoms with van der Waals surface area (Å²) in [5, 5.41) is 8.96. The van der Waals surface area contributed by atoms with Gasteiger partial charge in [-0.1, -0.05) is 6.07 Å². The molecule has 2 N–H and O–H groups in total. The first-order valence-electron chi connectivity index (χ1n) is 7.33. The lowest BCUT2D eigenvalue weighted by atomic mass is 10.0. The van der Waals surface area contributed by atoms with Crippen molar-refractivity contribution >= 4 is 16.0 Å². The number of carboxylic acids is 1. The van der Waals surface area contributed by atoms with Crippen molar-refractivity contribution < 1.29 is 18.3 Å². The largest absolute Gasteiger partial charge is 0.478 e. The lowest BCUT2D eigenvalue weighted by Gasteiger charge is -2.11. The van der Waals surface area contributed by atoms with Crippen molar-refractivity contribution in [3.63, 3.8) is 0 Å². The minimum absolute atomic E-state index is 0.00562. The minimum Gasteiger partial charge on any atom is -0.478 e. The lowest BCUT2D eigenvalue weighted by molar-refractivity contribution is 0.0696. The van der Waals surface area contributed by atoms with Gasteiger partial charge in [0.05, 0.1) is 10.5 Å². The summed E-state index contributed by atoms with van der Waals surface area (Å²) in [5.41, 5.74) is -0.00562. The van der Waals surface area contributed by atoms with Crippen LogP contribution in [-0.4, -0.2) is 25.5 Å². The molecule has 21 heavy (non-hydrogen) atoms. The number of aromatic carboxylic acids is 1.